The lowest BCUT2D eigenvalue weighted by Gasteiger charge is -2.30. The number of methoxy groups -OCH3 is 1. The molecule has 0 saturated heterocycles. The average molecular weight is 172 g/mol. The summed E-state index contributed by atoms with van der Waals surface area (Å²) in [6.45, 7) is 2.25. The lowest BCUT2D eigenvalue weighted by atomic mass is 9.80. The van der Waals surface area contributed by atoms with Gasteiger partial charge in [-0.05, 0) is 18.8 Å². The predicted molar refractivity (Wildman–Crippen MR) is 48.8 cm³/mol. The lowest BCUT2D eigenvalue weighted by Crippen LogP contribution is -2.26. The molecule has 1 saturated carbocycles. The first-order chi connectivity index (χ1) is 5.77. The lowest BCUT2D eigenvalue weighted by molar-refractivity contribution is -0.122. The third-order valence-electron chi connectivity index (χ3n) is 3.11. The Kier molecular flexibility index (Phi) is 4.02. The second-order valence-corrected chi connectivity index (χ2v) is 3.82. The highest BCUT2D eigenvalue weighted by Gasteiger charge is 2.25. The van der Waals surface area contributed by atoms with E-state index in [0.717, 1.165) is 18.8 Å². The monoisotopic (exact) mass is 172 g/mol. The highest BCUT2D eigenvalue weighted by atomic mass is 16.6. The maximum Gasteiger partial charge on any atom is 0.156 e. The zero-order valence-electron chi connectivity index (χ0n) is 8.12. The fourth-order valence-corrected chi connectivity index (χ4v) is 2.07. The molecule has 0 bridgehead atoms. The van der Waals surface area contributed by atoms with Crippen LogP contribution in [0.3, 0.4) is 0 Å². The Labute approximate surface area is 74.9 Å². The van der Waals surface area contributed by atoms with Crippen LogP contribution in [-0.2, 0) is 4.74 Å². The van der Waals surface area contributed by atoms with Crippen LogP contribution in [0.15, 0.2) is 0 Å². The number of aliphatic hydroxyl groups excluding tert-OH is 1. The molecule has 0 aromatic heterocycles. The molecule has 0 heterocycles. The van der Waals surface area contributed by atoms with Crippen molar-refractivity contribution in [1.29, 1.82) is 0 Å². The minimum Gasteiger partial charge on any atom is -0.368 e. The van der Waals surface area contributed by atoms with Crippen molar-refractivity contribution in [1.82, 2.24) is 0 Å². The molecule has 1 fully saturated rings. The van der Waals surface area contributed by atoms with Crippen molar-refractivity contribution in [3.63, 3.8) is 0 Å². The van der Waals surface area contributed by atoms with Crippen LogP contribution in [0.2, 0.25) is 0 Å². The number of rotatable bonds is 3. The van der Waals surface area contributed by atoms with Gasteiger partial charge in [0, 0.05) is 13.0 Å². The third-order valence-corrected chi connectivity index (χ3v) is 3.11. The Hall–Kier alpha value is -0.0800. The Balaban J connectivity index is 2.25. The summed E-state index contributed by atoms with van der Waals surface area (Å²) in [6.07, 6.45) is 5.56. The van der Waals surface area contributed by atoms with Crippen molar-refractivity contribution in [3.05, 3.63) is 0 Å². The molecule has 12 heavy (non-hydrogen) atoms. The maximum absolute atomic E-state index is 9.42. The third kappa shape index (κ3) is 2.46. The second-order valence-electron chi connectivity index (χ2n) is 3.82. The molecule has 0 radical (unpaired) electrons. The van der Waals surface area contributed by atoms with E-state index < -0.39 is 6.29 Å². The fraction of sp³-hybridized carbons (Fsp3) is 1.00. The van der Waals surface area contributed by atoms with Gasteiger partial charge in [0.2, 0.25) is 0 Å². The van der Waals surface area contributed by atoms with Gasteiger partial charge >= 0.3 is 0 Å². The summed E-state index contributed by atoms with van der Waals surface area (Å²) in [4.78, 5) is 0. The molecular weight excluding hydrogens is 152 g/mol. The van der Waals surface area contributed by atoms with Gasteiger partial charge in [-0.1, -0.05) is 26.2 Å². The van der Waals surface area contributed by atoms with Crippen LogP contribution < -0.4 is 0 Å². The smallest absolute Gasteiger partial charge is 0.156 e. The standard InChI is InChI=1S/C10H20O2/c1-3-8-4-6-9(7-5-8)10(11)12-2/h8-11H,3-7H2,1-2H3. The van der Waals surface area contributed by atoms with Gasteiger partial charge < -0.3 is 9.84 Å². The summed E-state index contributed by atoms with van der Waals surface area (Å²) in [5, 5.41) is 9.42. The summed E-state index contributed by atoms with van der Waals surface area (Å²) in [5.41, 5.74) is 0. The molecule has 1 aliphatic carbocycles. The van der Waals surface area contributed by atoms with E-state index >= 15 is 0 Å². The average Bonchev–Trinajstić information content (AvgIpc) is 2.17. The second kappa shape index (κ2) is 4.83. The van der Waals surface area contributed by atoms with Gasteiger partial charge in [0.05, 0.1) is 0 Å². The molecule has 0 aliphatic heterocycles. The molecule has 1 N–H and O–H groups in total. The Morgan fingerprint density at radius 2 is 1.92 bits per heavy atom. The van der Waals surface area contributed by atoms with Gasteiger partial charge in [-0.2, -0.15) is 0 Å². The quantitative estimate of drug-likeness (QED) is 0.661. The normalized spacial score (nSPS) is 33.2. The molecule has 1 rings (SSSR count). The molecule has 1 aliphatic rings. The molecule has 0 aromatic carbocycles. The van der Waals surface area contributed by atoms with Crippen molar-refractivity contribution >= 4 is 0 Å². The zero-order chi connectivity index (χ0) is 8.97. The Bertz CT molecular complexity index is 117. The minimum atomic E-state index is -0.525. The zero-order valence-corrected chi connectivity index (χ0v) is 8.12. The van der Waals surface area contributed by atoms with Crippen LogP contribution >= 0.6 is 0 Å². The summed E-state index contributed by atoms with van der Waals surface area (Å²) < 4.78 is 4.91. The molecule has 2 nitrogen and oxygen atoms in total. The van der Waals surface area contributed by atoms with Gasteiger partial charge in [-0.15, -0.1) is 0 Å². The van der Waals surface area contributed by atoms with Crippen LogP contribution in [-0.4, -0.2) is 18.5 Å². The topological polar surface area (TPSA) is 29.5 Å². The van der Waals surface area contributed by atoms with E-state index in [9.17, 15) is 5.11 Å². The summed E-state index contributed by atoms with van der Waals surface area (Å²) in [7, 11) is 1.58. The van der Waals surface area contributed by atoms with Crippen molar-refractivity contribution < 1.29 is 9.84 Å². The fourth-order valence-electron chi connectivity index (χ4n) is 2.07. The van der Waals surface area contributed by atoms with E-state index in [0.29, 0.717) is 5.92 Å². The highest BCUT2D eigenvalue weighted by molar-refractivity contribution is 4.73. The first kappa shape index (κ1) is 10.0. The molecule has 72 valence electrons. The molecule has 2 heteroatoms. The first-order valence-corrected chi connectivity index (χ1v) is 4.98. The van der Waals surface area contributed by atoms with Crippen LogP contribution in [0.4, 0.5) is 0 Å². The van der Waals surface area contributed by atoms with Crippen molar-refractivity contribution in [2.24, 2.45) is 11.8 Å². The van der Waals surface area contributed by atoms with E-state index in [-0.39, 0.29) is 0 Å². The van der Waals surface area contributed by atoms with Gasteiger partial charge in [0.25, 0.3) is 0 Å². The number of hydrogen-bond donors (Lipinski definition) is 1. The van der Waals surface area contributed by atoms with Crippen molar-refractivity contribution in [2.45, 2.75) is 45.3 Å². The maximum atomic E-state index is 9.42. The van der Waals surface area contributed by atoms with Gasteiger partial charge in [-0.25, -0.2) is 0 Å². The molecule has 0 spiro atoms. The number of hydrogen-bond acceptors (Lipinski definition) is 2. The van der Waals surface area contributed by atoms with Gasteiger partial charge in [-0.3, -0.25) is 0 Å². The number of aliphatic hydroxyl groups is 1. The molecular formula is C10H20O2. The van der Waals surface area contributed by atoms with E-state index in [1.807, 2.05) is 0 Å². The van der Waals surface area contributed by atoms with Gasteiger partial charge in [0.1, 0.15) is 0 Å². The van der Waals surface area contributed by atoms with Crippen LogP contribution in [0.5, 0.6) is 0 Å². The van der Waals surface area contributed by atoms with Crippen LogP contribution in [0.1, 0.15) is 39.0 Å². The molecule has 0 aromatic rings. The minimum absolute atomic E-state index is 0.387. The largest absolute Gasteiger partial charge is 0.368 e. The van der Waals surface area contributed by atoms with Gasteiger partial charge in [0.15, 0.2) is 6.29 Å². The molecule has 1 unspecified atom stereocenters. The SMILES string of the molecule is CCC1CCC(C(O)OC)CC1. The van der Waals surface area contributed by atoms with Crippen LogP contribution in [0, 0.1) is 11.8 Å². The van der Waals surface area contributed by atoms with Crippen molar-refractivity contribution in [3.8, 4) is 0 Å². The van der Waals surface area contributed by atoms with E-state index in [1.54, 1.807) is 7.11 Å². The Morgan fingerprint density at radius 3 is 2.33 bits per heavy atom. The number of ether oxygens (including phenoxy) is 1. The summed E-state index contributed by atoms with van der Waals surface area (Å²) in [6, 6.07) is 0. The summed E-state index contributed by atoms with van der Waals surface area (Å²) >= 11 is 0. The molecule has 0 amide bonds. The first-order valence-electron chi connectivity index (χ1n) is 4.98. The van der Waals surface area contributed by atoms with E-state index in [1.165, 1.54) is 19.3 Å². The van der Waals surface area contributed by atoms with E-state index in [4.69, 9.17) is 4.74 Å². The highest BCUT2D eigenvalue weighted by Crippen LogP contribution is 2.32. The summed E-state index contributed by atoms with van der Waals surface area (Å²) in [5.74, 6) is 1.28. The molecule has 1 atom stereocenters. The van der Waals surface area contributed by atoms with E-state index in [2.05, 4.69) is 6.92 Å². The predicted octanol–water partition coefficient (Wildman–Crippen LogP) is 2.17. The Morgan fingerprint density at radius 1 is 1.33 bits per heavy atom. The van der Waals surface area contributed by atoms with Crippen LogP contribution in [0.25, 0.3) is 0 Å². The van der Waals surface area contributed by atoms with Crippen molar-refractivity contribution in [2.75, 3.05) is 7.11 Å².